The fourth-order valence-electron chi connectivity index (χ4n) is 1.37. The molecule has 1 unspecified atom stereocenters. The van der Waals surface area contributed by atoms with Crippen LogP contribution in [0.5, 0.6) is 0 Å². The maximum absolute atomic E-state index is 13.3. The molecule has 0 saturated carbocycles. The Bertz CT molecular complexity index is 374. The second-order valence-corrected chi connectivity index (χ2v) is 3.87. The SMILES string of the molecule is CCC(C)Cc1c(F)c(F)c(N)c(F)c1F. The Morgan fingerprint density at radius 3 is 1.81 bits per heavy atom. The molecule has 0 aliphatic rings. The van der Waals surface area contributed by atoms with Gasteiger partial charge in [-0.1, -0.05) is 20.3 Å². The molecule has 1 nitrogen and oxygen atoms in total. The van der Waals surface area contributed by atoms with Gasteiger partial charge in [-0.2, -0.15) is 0 Å². The first-order valence-electron chi connectivity index (χ1n) is 5.00. The van der Waals surface area contributed by atoms with Gasteiger partial charge in [-0.3, -0.25) is 0 Å². The van der Waals surface area contributed by atoms with E-state index in [0.29, 0.717) is 6.42 Å². The summed E-state index contributed by atoms with van der Waals surface area (Å²) in [7, 11) is 0. The van der Waals surface area contributed by atoms with Gasteiger partial charge >= 0.3 is 0 Å². The van der Waals surface area contributed by atoms with Gasteiger partial charge in [0.1, 0.15) is 5.69 Å². The molecule has 0 fully saturated rings. The minimum atomic E-state index is -1.52. The van der Waals surface area contributed by atoms with Crippen molar-refractivity contribution in [2.75, 3.05) is 5.73 Å². The lowest BCUT2D eigenvalue weighted by atomic mass is 9.97. The summed E-state index contributed by atoms with van der Waals surface area (Å²) in [5.41, 5.74) is 3.21. The van der Waals surface area contributed by atoms with Crippen LogP contribution in [-0.2, 0) is 6.42 Å². The van der Waals surface area contributed by atoms with Gasteiger partial charge in [0.25, 0.3) is 0 Å². The Balaban J connectivity index is 3.28. The monoisotopic (exact) mass is 235 g/mol. The number of rotatable bonds is 3. The highest BCUT2D eigenvalue weighted by Gasteiger charge is 2.24. The molecule has 1 aromatic rings. The molecule has 0 aromatic heterocycles. The first-order chi connectivity index (χ1) is 7.40. The zero-order chi connectivity index (χ0) is 12.5. The first kappa shape index (κ1) is 12.8. The van der Waals surface area contributed by atoms with Gasteiger partial charge in [0.15, 0.2) is 23.3 Å². The lowest BCUT2D eigenvalue weighted by Gasteiger charge is -2.12. The predicted molar refractivity (Wildman–Crippen MR) is 53.8 cm³/mol. The molecular weight excluding hydrogens is 222 g/mol. The third kappa shape index (κ3) is 2.13. The van der Waals surface area contributed by atoms with Gasteiger partial charge in [-0.15, -0.1) is 0 Å². The van der Waals surface area contributed by atoms with Crippen molar-refractivity contribution in [1.82, 2.24) is 0 Å². The molecule has 5 heteroatoms. The molecular formula is C11H13F4N. The Labute approximate surface area is 91.3 Å². The maximum atomic E-state index is 13.3. The number of nitrogen functional groups attached to an aromatic ring is 1. The smallest absolute Gasteiger partial charge is 0.185 e. The largest absolute Gasteiger partial charge is 0.394 e. The van der Waals surface area contributed by atoms with Crippen molar-refractivity contribution in [3.63, 3.8) is 0 Å². The minimum Gasteiger partial charge on any atom is -0.394 e. The summed E-state index contributed by atoms with van der Waals surface area (Å²) in [6.45, 7) is 3.57. The van der Waals surface area contributed by atoms with Crippen LogP contribution in [0.15, 0.2) is 0 Å². The van der Waals surface area contributed by atoms with Crippen molar-refractivity contribution < 1.29 is 17.6 Å². The van der Waals surface area contributed by atoms with Crippen LogP contribution in [0.1, 0.15) is 25.8 Å². The number of hydrogen-bond donors (Lipinski definition) is 1. The van der Waals surface area contributed by atoms with Crippen molar-refractivity contribution in [2.24, 2.45) is 5.92 Å². The second-order valence-electron chi connectivity index (χ2n) is 3.87. The molecule has 16 heavy (non-hydrogen) atoms. The summed E-state index contributed by atoms with van der Waals surface area (Å²) < 4.78 is 52.8. The van der Waals surface area contributed by atoms with Crippen molar-refractivity contribution in [3.05, 3.63) is 28.8 Å². The molecule has 0 bridgehead atoms. The van der Waals surface area contributed by atoms with E-state index in [1.807, 2.05) is 6.92 Å². The topological polar surface area (TPSA) is 26.0 Å². The van der Waals surface area contributed by atoms with Crippen LogP contribution < -0.4 is 5.73 Å². The van der Waals surface area contributed by atoms with E-state index in [1.54, 1.807) is 6.92 Å². The molecule has 0 amide bonds. The third-order valence-electron chi connectivity index (χ3n) is 2.64. The summed E-state index contributed by atoms with van der Waals surface area (Å²) in [5, 5.41) is 0. The van der Waals surface area contributed by atoms with E-state index in [2.05, 4.69) is 0 Å². The van der Waals surface area contributed by atoms with Crippen molar-refractivity contribution in [3.8, 4) is 0 Å². The Morgan fingerprint density at radius 2 is 1.44 bits per heavy atom. The molecule has 0 radical (unpaired) electrons. The highest BCUT2D eigenvalue weighted by molar-refractivity contribution is 5.45. The van der Waals surface area contributed by atoms with Gasteiger partial charge in [0.05, 0.1) is 0 Å². The fraction of sp³-hybridized carbons (Fsp3) is 0.455. The standard InChI is InChI=1S/C11H13F4N/c1-3-5(2)4-6-7(12)9(14)11(16)10(15)8(6)13/h5H,3-4,16H2,1-2H3. The second kappa shape index (κ2) is 4.72. The third-order valence-corrected chi connectivity index (χ3v) is 2.64. The van der Waals surface area contributed by atoms with Crippen LogP contribution >= 0.6 is 0 Å². The number of halogens is 4. The van der Waals surface area contributed by atoms with Crippen LogP contribution in [0.25, 0.3) is 0 Å². The Morgan fingerprint density at radius 1 is 1.00 bits per heavy atom. The summed E-state index contributed by atoms with van der Waals surface area (Å²) in [6.07, 6.45) is 0.606. The van der Waals surface area contributed by atoms with Crippen LogP contribution in [-0.4, -0.2) is 0 Å². The molecule has 0 spiro atoms. The number of hydrogen-bond acceptors (Lipinski definition) is 1. The Kier molecular flexibility index (Phi) is 3.78. The predicted octanol–water partition coefficient (Wildman–Crippen LogP) is 3.41. The van der Waals surface area contributed by atoms with Gasteiger partial charge in [0, 0.05) is 5.56 Å². The molecule has 1 aromatic carbocycles. The highest BCUT2D eigenvalue weighted by Crippen LogP contribution is 2.27. The van der Waals surface area contributed by atoms with E-state index in [-0.39, 0.29) is 12.3 Å². The molecule has 0 aliphatic carbocycles. The Hall–Kier alpha value is -1.26. The van der Waals surface area contributed by atoms with E-state index in [9.17, 15) is 17.6 Å². The van der Waals surface area contributed by atoms with Gasteiger partial charge in [0.2, 0.25) is 0 Å². The molecule has 2 N–H and O–H groups in total. The van der Waals surface area contributed by atoms with E-state index in [0.717, 1.165) is 0 Å². The van der Waals surface area contributed by atoms with Crippen LogP contribution in [0.3, 0.4) is 0 Å². The number of benzene rings is 1. The summed E-state index contributed by atoms with van der Waals surface area (Å²) in [6, 6.07) is 0. The van der Waals surface area contributed by atoms with E-state index < -0.39 is 34.5 Å². The highest BCUT2D eigenvalue weighted by atomic mass is 19.2. The van der Waals surface area contributed by atoms with Crippen molar-refractivity contribution in [2.45, 2.75) is 26.7 Å². The van der Waals surface area contributed by atoms with Gasteiger partial charge < -0.3 is 5.73 Å². The minimum absolute atomic E-state index is 0.0533. The van der Waals surface area contributed by atoms with E-state index >= 15 is 0 Å². The van der Waals surface area contributed by atoms with E-state index in [1.165, 1.54) is 0 Å². The average Bonchev–Trinajstić information content (AvgIpc) is 2.29. The van der Waals surface area contributed by atoms with Crippen LogP contribution in [0, 0.1) is 29.2 Å². The molecule has 0 aliphatic heterocycles. The molecule has 90 valence electrons. The van der Waals surface area contributed by atoms with Gasteiger partial charge in [-0.05, 0) is 12.3 Å². The first-order valence-corrected chi connectivity index (χ1v) is 5.00. The van der Waals surface area contributed by atoms with Crippen LogP contribution in [0.2, 0.25) is 0 Å². The molecule has 0 saturated heterocycles. The lowest BCUT2D eigenvalue weighted by Crippen LogP contribution is -2.11. The number of nitrogens with two attached hydrogens (primary N) is 1. The van der Waals surface area contributed by atoms with Gasteiger partial charge in [-0.25, -0.2) is 17.6 Å². The van der Waals surface area contributed by atoms with Crippen LogP contribution in [0.4, 0.5) is 23.2 Å². The molecule has 1 rings (SSSR count). The van der Waals surface area contributed by atoms with E-state index in [4.69, 9.17) is 5.73 Å². The zero-order valence-corrected chi connectivity index (χ0v) is 9.08. The quantitative estimate of drug-likeness (QED) is 0.485. The van der Waals surface area contributed by atoms with Crippen molar-refractivity contribution in [1.29, 1.82) is 0 Å². The lowest BCUT2D eigenvalue weighted by molar-refractivity contribution is 0.428. The summed E-state index contributed by atoms with van der Waals surface area (Å²) in [4.78, 5) is 0. The molecule has 1 atom stereocenters. The summed E-state index contributed by atoms with van der Waals surface area (Å²) >= 11 is 0. The summed E-state index contributed by atoms with van der Waals surface area (Å²) in [5.74, 6) is -5.88. The normalized spacial score (nSPS) is 12.9. The number of anilines is 1. The van der Waals surface area contributed by atoms with Crippen molar-refractivity contribution >= 4 is 5.69 Å². The maximum Gasteiger partial charge on any atom is 0.185 e. The average molecular weight is 235 g/mol. The zero-order valence-electron chi connectivity index (χ0n) is 9.08. The molecule has 0 heterocycles. The fourth-order valence-corrected chi connectivity index (χ4v) is 1.37.